The summed E-state index contributed by atoms with van der Waals surface area (Å²) < 4.78 is 0. The zero-order chi connectivity index (χ0) is 21.3. The minimum absolute atomic E-state index is 0.0596. The molecule has 0 spiro atoms. The van der Waals surface area contributed by atoms with Crippen molar-refractivity contribution in [2.75, 3.05) is 11.9 Å². The third-order valence-electron chi connectivity index (χ3n) is 6.32. The number of anilines is 2. The van der Waals surface area contributed by atoms with Crippen LogP contribution in [0.3, 0.4) is 0 Å². The summed E-state index contributed by atoms with van der Waals surface area (Å²) in [5, 5.41) is 4.44. The molecule has 1 aromatic carbocycles. The molecule has 0 saturated carbocycles. The van der Waals surface area contributed by atoms with E-state index >= 15 is 0 Å². The number of aryl methyl sites for hydroxylation is 2. The van der Waals surface area contributed by atoms with Crippen LogP contribution in [0.2, 0.25) is 0 Å². The van der Waals surface area contributed by atoms with E-state index in [0.717, 1.165) is 48.3 Å². The van der Waals surface area contributed by atoms with Crippen molar-refractivity contribution in [3.8, 4) is 0 Å². The van der Waals surface area contributed by atoms with Crippen molar-refractivity contribution in [3.05, 3.63) is 58.9 Å². The Balaban J connectivity index is 1.84. The Morgan fingerprint density at radius 3 is 2.80 bits per heavy atom. The molecule has 30 heavy (non-hydrogen) atoms. The lowest BCUT2D eigenvalue weighted by Gasteiger charge is -2.35. The largest absolute Gasteiger partial charge is 0.354 e. The Morgan fingerprint density at radius 2 is 2.00 bits per heavy atom. The number of rotatable bonds is 4. The molecule has 5 nitrogen and oxygen atoms in total. The van der Waals surface area contributed by atoms with Gasteiger partial charge in [0.05, 0.1) is 11.3 Å². The molecule has 3 heterocycles. The fourth-order valence-corrected chi connectivity index (χ4v) is 4.34. The maximum atomic E-state index is 13.7. The summed E-state index contributed by atoms with van der Waals surface area (Å²) in [7, 11) is 0. The average Bonchev–Trinajstić information content (AvgIpc) is 2.76. The minimum Gasteiger partial charge on any atom is -0.354 e. The lowest BCUT2D eigenvalue weighted by molar-refractivity contribution is 0.0609. The third-order valence-corrected chi connectivity index (χ3v) is 6.32. The van der Waals surface area contributed by atoms with Gasteiger partial charge in [0.2, 0.25) is 0 Å². The summed E-state index contributed by atoms with van der Waals surface area (Å²) in [5.74, 6) is 0.0596. The molecule has 1 N–H and O–H groups in total. The molecular weight excluding hydrogens is 372 g/mol. The van der Waals surface area contributed by atoms with Crippen LogP contribution in [0.5, 0.6) is 0 Å². The first-order valence-corrected chi connectivity index (χ1v) is 10.9. The molecule has 0 bridgehead atoms. The standard InChI is InChI=1S/C25H30N4O/c1-5-19-10-6-7-14-29(19)25(30)21-15-26-24-20(13-12-17(3)27-24)23(21)28-22-11-8-9-16(2)18(22)4/h8-9,11-13,15,19H,5-7,10,14H2,1-4H3,(H,26,27,28)/t19-/m0/s1. The molecule has 1 fully saturated rings. The number of fused-ring (bicyclic) bond motifs is 1. The zero-order valence-electron chi connectivity index (χ0n) is 18.3. The molecule has 1 aliphatic rings. The second-order valence-electron chi connectivity index (χ2n) is 8.30. The Labute approximate surface area is 178 Å². The van der Waals surface area contributed by atoms with E-state index in [-0.39, 0.29) is 5.91 Å². The highest BCUT2D eigenvalue weighted by molar-refractivity contribution is 6.07. The molecule has 5 heteroatoms. The van der Waals surface area contributed by atoms with Crippen LogP contribution >= 0.6 is 0 Å². The van der Waals surface area contributed by atoms with Crippen molar-refractivity contribution in [3.63, 3.8) is 0 Å². The maximum Gasteiger partial charge on any atom is 0.257 e. The molecule has 1 amide bonds. The Kier molecular flexibility index (Phi) is 5.71. The number of hydrogen-bond donors (Lipinski definition) is 1. The van der Waals surface area contributed by atoms with E-state index in [0.29, 0.717) is 17.3 Å². The van der Waals surface area contributed by atoms with Gasteiger partial charge in [-0.05, 0) is 75.8 Å². The number of hydrogen-bond acceptors (Lipinski definition) is 4. The van der Waals surface area contributed by atoms with Crippen molar-refractivity contribution in [1.82, 2.24) is 14.9 Å². The number of aromatic nitrogens is 2. The number of amides is 1. The van der Waals surface area contributed by atoms with E-state index in [4.69, 9.17) is 0 Å². The van der Waals surface area contributed by atoms with Crippen molar-refractivity contribution in [1.29, 1.82) is 0 Å². The van der Waals surface area contributed by atoms with Gasteiger partial charge in [-0.2, -0.15) is 0 Å². The predicted molar refractivity (Wildman–Crippen MR) is 122 cm³/mol. The SMILES string of the molecule is CC[C@H]1CCCCN1C(=O)c1cnc2nc(C)ccc2c1Nc1cccc(C)c1C. The topological polar surface area (TPSA) is 58.1 Å². The van der Waals surface area contributed by atoms with Gasteiger partial charge in [-0.1, -0.05) is 19.1 Å². The number of carbonyl (C=O) groups is 1. The fourth-order valence-electron chi connectivity index (χ4n) is 4.34. The number of pyridine rings is 2. The highest BCUT2D eigenvalue weighted by atomic mass is 16.2. The number of nitrogens with one attached hydrogen (secondary N) is 1. The van der Waals surface area contributed by atoms with Crippen molar-refractivity contribution < 1.29 is 4.79 Å². The smallest absolute Gasteiger partial charge is 0.257 e. The van der Waals surface area contributed by atoms with E-state index in [9.17, 15) is 4.79 Å². The maximum absolute atomic E-state index is 13.7. The monoisotopic (exact) mass is 402 g/mol. The molecule has 2 aromatic heterocycles. The van der Waals surface area contributed by atoms with Gasteiger partial charge < -0.3 is 10.2 Å². The molecule has 1 atom stereocenters. The van der Waals surface area contributed by atoms with Crippen LogP contribution < -0.4 is 5.32 Å². The summed E-state index contributed by atoms with van der Waals surface area (Å²) in [5.41, 5.74) is 6.37. The van der Waals surface area contributed by atoms with Gasteiger partial charge in [-0.3, -0.25) is 4.79 Å². The summed E-state index contributed by atoms with van der Waals surface area (Å²) in [6.45, 7) is 9.13. The number of nitrogens with zero attached hydrogens (tertiary/aromatic N) is 3. The van der Waals surface area contributed by atoms with Crippen molar-refractivity contribution >= 4 is 28.3 Å². The molecule has 4 rings (SSSR count). The first-order chi connectivity index (χ1) is 14.5. The quantitative estimate of drug-likeness (QED) is 0.608. The molecule has 156 valence electrons. The van der Waals surface area contributed by atoms with Gasteiger partial charge in [-0.15, -0.1) is 0 Å². The van der Waals surface area contributed by atoms with E-state index in [1.54, 1.807) is 6.20 Å². The average molecular weight is 403 g/mol. The van der Waals surface area contributed by atoms with Gasteiger partial charge in [0, 0.05) is 35.6 Å². The molecule has 1 aliphatic heterocycles. The van der Waals surface area contributed by atoms with Crippen LogP contribution in [0.1, 0.15) is 59.8 Å². The van der Waals surface area contributed by atoms with E-state index < -0.39 is 0 Å². The predicted octanol–water partition coefficient (Wildman–Crippen LogP) is 5.70. The highest BCUT2D eigenvalue weighted by Gasteiger charge is 2.29. The van der Waals surface area contributed by atoms with Crippen LogP contribution in [0.4, 0.5) is 11.4 Å². The molecule has 1 saturated heterocycles. The highest BCUT2D eigenvalue weighted by Crippen LogP contribution is 2.33. The first-order valence-electron chi connectivity index (χ1n) is 10.9. The lowest BCUT2D eigenvalue weighted by Crippen LogP contribution is -2.43. The number of carbonyl (C=O) groups excluding carboxylic acids is 1. The Hall–Kier alpha value is -2.95. The number of benzene rings is 1. The fraction of sp³-hybridized carbons (Fsp3) is 0.400. The summed E-state index contributed by atoms with van der Waals surface area (Å²) in [4.78, 5) is 24.9. The van der Waals surface area contributed by atoms with Crippen LogP contribution in [-0.2, 0) is 0 Å². The van der Waals surface area contributed by atoms with E-state index in [1.807, 2.05) is 30.0 Å². The Bertz CT molecular complexity index is 1090. The molecule has 0 aliphatic carbocycles. The summed E-state index contributed by atoms with van der Waals surface area (Å²) in [6.07, 6.45) is 6.00. The van der Waals surface area contributed by atoms with E-state index in [2.05, 4.69) is 48.2 Å². The Morgan fingerprint density at radius 1 is 1.17 bits per heavy atom. The van der Waals surface area contributed by atoms with E-state index in [1.165, 1.54) is 17.5 Å². The lowest BCUT2D eigenvalue weighted by atomic mass is 9.98. The first kappa shape index (κ1) is 20.3. The summed E-state index contributed by atoms with van der Waals surface area (Å²) in [6, 6.07) is 10.5. The van der Waals surface area contributed by atoms with Gasteiger partial charge in [0.1, 0.15) is 0 Å². The third kappa shape index (κ3) is 3.76. The molecule has 3 aromatic rings. The number of likely N-dealkylation sites (tertiary alicyclic amines) is 1. The molecule has 0 radical (unpaired) electrons. The summed E-state index contributed by atoms with van der Waals surface area (Å²) >= 11 is 0. The van der Waals surface area contributed by atoms with Crippen LogP contribution in [0.15, 0.2) is 36.5 Å². The molecular formula is C25H30N4O. The van der Waals surface area contributed by atoms with Crippen LogP contribution in [-0.4, -0.2) is 33.4 Å². The minimum atomic E-state index is 0.0596. The second kappa shape index (κ2) is 8.42. The zero-order valence-corrected chi connectivity index (χ0v) is 18.3. The number of piperidine rings is 1. The van der Waals surface area contributed by atoms with Gasteiger partial charge in [0.25, 0.3) is 5.91 Å². The van der Waals surface area contributed by atoms with Crippen LogP contribution in [0, 0.1) is 20.8 Å². The second-order valence-corrected chi connectivity index (χ2v) is 8.30. The molecule has 0 unspecified atom stereocenters. The van der Waals surface area contributed by atoms with Crippen molar-refractivity contribution in [2.24, 2.45) is 0 Å². The van der Waals surface area contributed by atoms with Crippen molar-refractivity contribution in [2.45, 2.75) is 59.4 Å². The van der Waals surface area contributed by atoms with Gasteiger partial charge in [0.15, 0.2) is 5.65 Å². The normalized spacial score (nSPS) is 16.7. The van der Waals surface area contributed by atoms with Gasteiger partial charge >= 0.3 is 0 Å². The van der Waals surface area contributed by atoms with Gasteiger partial charge in [-0.25, -0.2) is 9.97 Å². The van der Waals surface area contributed by atoms with Crippen LogP contribution in [0.25, 0.3) is 11.0 Å².